The molecule has 0 unspecified atom stereocenters. The Hall–Kier alpha value is -3.68. The Morgan fingerprint density at radius 3 is 1.22 bits per heavy atom. The smallest absolute Gasteiger partial charge is 0.310 e. The largest absolute Gasteiger partial charge is 0.481 e. The lowest BCUT2D eigenvalue weighted by molar-refractivity contribution is -0.143. The number of hydrogen-bond acceptors (Lipinski definition) is 6. The van der Waals surface area contributed by atoms with Gasteiger partial charge in [0.15, 0.2) is 0 Å². The zero-order valence-electron chi connectivity index (χ0n) is 18.2. The van der Waals surface area contributed by atoms with Gasteiger partial charge in [0.05, 0.1) is 38.9 Å². The van der Waals surface area contributed by atoms with Crippen molar-refractivity contribution in [2.24, 2.45) is 0 Å². The van der Waals surface area contributed by atoms with Crippen molar-refractivity contribution in [3.63, 3.8) is 0 Å². The Morgan fingerprint density at radius 2 is 0.938 bits per heavy atom. The van der Waals surface area contributed by atoms with Crippen molar-refractivity contribution in [1.29, 1.82) is 0 Å². The molecule has 172 valence electrons. The summed E-state index contributed by atoms with van der Waals surface area (Å²) in [6.07, 6.45) is 0.302. The standard InChI is InChI=1S/C14H18O4.C10H10O4/c1-3-17-13(15)9-11-6-5-7-12(8-11)10-14(16)18-4-2;11-9(12)5-7-2-1-3-8(4-7)6-10(13)14/h5-8H,3-4,9-10H2,1-2H3;1-4H,5-6H2,(H,11,12)(H,13,14). The lowest BCUT2D eigenvalue weighted by Gasteiger charge is -2.05. The molecule has 0 radical (unpaired) electrons. The van der Waals surface area contributed by atoms with Gasteiger partial charge in [0.2, 0.25) is 0 Å². The van der Waals surface area contributed by atoms with E-state index in [1.54, 1.807) is 38.1 Å². The topological polar surface area (TPSA) is 127 Å². The van der Waals surface area contributed by atoms with E-state index in [-0.39, 0.29) is 37.6 Å². The summed E-state index contributed by atoms with van der Waals surface area (Å²) in [6.45, 7) is 4.30. The molecule has 0 bridgehead atoms. The van der Waals surface area contributed by atoms with Crippen LogP contribution in [0.3, 0.4) is 0 Å². The molecule has 8 heteroatoms. The first-order valence-electron chi connectivity index (χ1n) is 10.1. The highest BCUT2D eigenvalue weighted by molar-refractivity contribution is 5.74. The highest BCUT2D eigenvalue weighted by Crippen LogP contribution is 2.09. The molecule has 0 aliphatic carbocycles. The van der Waals surface area contributed by atoms with Gasteiger partial charge in [-0.3, -0.25) is 19.2 Å². The Labute approximate surface area is 186 Å². The van der Waals surface area contributed by atoms with Crippen LogP contribution in [0, 0.1) is 0 Å². The van der Waals surface area contributed by atoms with Crippen molar-refractivity contribution in [2.75, 3.05) is 13.2 Å². The second-order valence-corrected chi connectivity index (χ2v) is 6.74. The third-order valence-corrected chi connectivity index (χ3v) is 4.00. The maximum absolute atomic E-state index is 11.3. The molecule has 0 heterocycles. The van der Waals surface area contributed by atoms with Crippen molar-refractivity contribution >= 4 is 23.9 Å². The van der Waals surface area contributed by atoms with Crippen LogP contribution >= 0.6 is 0 Å². The van der Waals surface area contributed by atoms with Crippen LogP contribution in [0.1, 0.15) is 36.1 Å². The lowest BCUT2D eigenvalue weighted by atomic mass is 10.1. The van der Waals surface area contributed by atoms with Gasteiger partial charge in [0.1, 0.15) is 0 Å². The number of rotatable bonds is 10. The van der Waals surface area contributed by atoms with Crippen LogP contribution in [0.4, 0.5) is 0 Å². The molecule has 2 N–H and O–H groups in total. The zero-order chi connectivity index (χ0) is 23.9. The van der Waals surface area contributed by atoms with E-state index in [2.05, 4.69) is 0 Å². The number of carbonyl (C=O) groups is 4. The van der Waals surface area contributed by atoms with Crippen molar-refractivity contribution in [1.82, 2.24) is 0 Å². The molecule has 0 aliphatic rings. The van der Waals surface area contributed by atoms with Gasteiger partial charge in [0.25, 0.3) is 0 Å². The van der Waals surface area contributed by atoms with E-state index in [4.69, 9.17) is 19.7 Å². The van der Waals surface area contributed by atoms with Crippen LogP contribution < -0.4 is 0 Å². The van der Waals surface area contributed by atoms with Gasteiger partial charge in [-0.15, -0.1) is 0 Å². The van der Waals surface area contributed by atoms with Crippen molar-refractivity contribution < 1.29 is 38.9 Å². The summed E-state index contributed by atoms with van der Waals surface area (Å²) in [6, 6.07) is 13.9. The monoisotopic (exact) mass is 444 g/mol. The molecule has 8 nitrogen and oxygen atoms in total. The number of hydrogen-bond donors (Lipinski definition) is 2. The predicted molar refractivity (Wildman–Crippen MR) is 116 cm³/mol. The number of carboxylic acids is 2. The number of carboxylic acid groups (broad SMARTS) is 2. The molecular formula is C24H28O8. The van der Waals surface area contributed by atoms with Gasteiger partial charge in [-0.1, -0.05) is 48.5 Å². The molecule has 2 aromatic carbocycles. The molecular weight excluding hydrogens is 416 g/mol. The average molecular weight is 444 g/mol. The van der Waals surface area contributed by atoms with Gasteiger partial charge < -0.3 is 19.7 Å². The first-order valence-corrected chi connectivity index (χ1v) is 10.1. The summed E-state index contributed by atoms with van der Waals surface area (Å²) in [4.78, 5) is 43.4. The normalized spacial score (nSPS) is 9.81. The number of benzene rings is 2. The summed E-state index contributed by atoms with van der Waals surface area (Å²) >= 11 is 0. The van der Waals surface area contributed by atoms with E-state index in [0.29, 0.717) is 24.3 Å². The Balaban J connectivity index is 0.000000330. The van der Waals surface area contributed by atoms with E-state index in [9.17, 15) is 19.2 Å². The predicted octanol–water partition coefficient (Wildman–Crippen LogP) is 2.84. The fraction of sp³-hybridized carbons (Fsp3) is 0.333. The van der Waals surface area contributed by atoms with Crippen LogP contribution in [-0.4, -0.2) is 47.3 Å². The molecule has 0 saturated heterocycles. The number of carbonyl (C=O) groups excluding carboxylic acids is 2. The lowest BCUT2D eigenvalue weighted by Crippen LogP contribution is -2.09. The fourth-order valence-electron chi connectivity index (χ4n) is 2.81. The minimum atomic E-state index is -0.919. The van der Waals surface area contributed by atoms with Gasteiger partial charge in [0, 0.05) is 0 Å². The molecule has 0 aliphatic heterocycles. The SMILES string of the molecule is CCOC(=O)Cc1cccc(CC(=O)OCC)c1.O=C(O)Cc1cccc(CC(=O)O)c1. The van der Waals surface area contributed by atoms with E-state index >= 15 is 0 Å². The number of aliphatic carboxylic acids is 2. The molecule has 2 aromatic rings. The van der Waals surface area contributed by atoms with Crippen LogP contribution in [-0.2, 0) is 54.3 Å². The Kier molecular flexibility index (Phi) is 11.8. The molecule has 0 fully saturated rings. The molecule has 0 spiro atoms. The van der Waals surface area contributed by atoms with Gasteiger partial charge in [-0.05, 0) is 36.1 Å². The van der Waals surface area contributed by atoms with Gasteiger partial charge >= 0.3 is 23.9 Å². The summed E-state index contributed by atoms with van der Waals surface area (Å²) in [5, 5.41) is 17.0. The van der Waals surface area contributed by atoms with Crippen LogP contribution in [0.15, 0.2) is 48.5 Å². The average Bonchev–Trinajstić information content (AvgIpc) is 2.68. The van der Waals surface area contributed by atoms with E-state index in [1.165, 1.54) is 0 Å². The number of esters is 2. The van der Waals surface area contributed by atoms with Crippen LogP contribution in [0.5, 0.6) is 0 Å². The van der Waals surface area contributed by atoms with Crippen molar-refractivity contribution in [2.45, 2.75) is 39.5 Å². The summed E-state index contributed by atoms with van der Waals surface area (Å²) in [7, 11) is 0. The quantitative estimate of drug-likeness (QED) is 0.536. The van der Waals surface area contributed by atoms with Crippen LogP contribution in [0.2, 0.25) is 0 Å². The second kappa shape index (κ2) is 14.3. The molecule has 2 rings (SSSR count). The highest BCUT2D eigenvalue weighted by atomic mass is 16.5. The molecule has 0 saturated carbocycles. The van der Waals surface area contributed by atoms with Crippen molar-refractivity contribution in [3.05, 3.63) is 70.8 Å². The molecule has 32 heavy (non-hydrogen) atoms. The van der Waals surface area contributed by atoms with Gasteiger partial charge in [-0.2, -0.15) is 0 Å². The van der Waals surface area contributed by atoms with Crippen molar-refractivity contribution in [3.8, 4) is 0 Å². The summed E-state index contributed by atoms with van der Waals surface area (Å²) in [5.41, 5.74) is 2.93. The second-order valence-electron chi connectivity index (χ2n) is 6.74. The van der Waals surface area contributed by atoms with E-state index < -0.39 is 11.9 Å². The first kappa shape index (κ1) is 26.4. The summed E-state index contributed by atoms with van der Waals surface area (Å²) in [5.74, 6) is -2.36. The fourth-order valence-corrected chi connectivity index (χ4v) is 2.81. The minimum absolute atomic E-state index is 0.0759. The maximum atomic E-state index is 11.3. The minimum Gasteiger partial charge on any atom is -0.481 e. The Morgan fingerprint density at radius 1 is 0.625 bits per heavy atom. The Bertz CT molecular complexity index is 853. The first-order chi connectivity index (χ1) is 15.2. The molecule has 0 aromatic heterocycles. The third kappa shape index (κ3) is 11.5. The van der Waals surface area contributed by atoms with E-state index in [0.717, 1.165) is 11.1 Å². The third-order valence-electron chi connectivity index (χ3n) is 4.00. The highest BCUT2D eigenvalue weighted by Gasteiger charge is 2.07. The molecule has 0 amide bonds. The van der Waals surface area contributed by atoms with E-state index in [1.807, 2.05) is 24.3 Å². The van der Waals surface area contributed by atoms with Gasteiger partial charge in [-0.25, -0.2) is 0 Å². The number of ether oxygens (including phenoxy) is 2. The molecule has 0 atom stereocenters. The summed E-state index contributed by atoms with van der Waals surface area (Å²) < 4.78 is 9.75. The zero-order valence-corrected chi connectivity index (χ0v) is 18.2. The maximum Gasteiger partial charge on any atom is 0.310 e. The van der Waals surface area contributed by atoms with Crippen LogP contribution in [0.25, 0.3) is 0 Å².